The smallest absolute Gasteiger partial charge is 0.239 e. The van der Waals surface area contributed by atoms with Gasteiger partial charge in [-0.3, -0.25) is 9.59 Å². The van der Waals surface area contributed by atoms with Crippen molar-refractivity contribution >= 4 is 11.8 Å². The minimum absolute atomic E-state index is 0.0789. The quantitative estimate of drug-likeness (QED) is 0.567. The average molecular weight is 270 g/mol. The molecular weight excluding hydrogens is 240 g/mol. The third-order valence-corrected chi connectivity index (χ3v) is 3.12. The third-order valence-electron chi connectivity index (χ3n) is 3.12. The Morgan fingerprint density at radius 2 is 1.63 bits per heavy atom. The molecule has 0 spiro atoms. The molecule has 0 fully saturated rings. The third kappa shape index (κ3) is 10.5. The first kappa shape index (κ1) is 17.9. The number of nitrogens with two attached hydrogens (primary N) is 1. The summed E-state index contributed by atoms with van der Waals surface area (Å²) in [6.07, 6.45) is 8.09. The minimum Gasteiger partial charge on any atom is -0.368 e. The van der Waals surface area contributed by atoms with Crippen LogP contribution in [0.4, 0.5) is 0 Å². The molecule has 0 radical (unpaired) electrons. The lowest BCUT2D eigenvalue weighted by Gasteiger charge is -2.16. The van der Waals surface area contributed by atoms with Gasteiger partial charge in [-0.2, -0.15) is 0 Å². The zero-order valence-corrected chi connectivity index (χ0v) is 12.7. The molecule has 4 nitrogen and oxygen atoms in total. The first-order chi connectivity index (χ1) is 8.97. The van der Waals surface area contributed by atoms with E-state index in [-0.39, 0.29) is 5.91 Å². The predicted octanol–water partition coefficient (Wildman–Crippen LogP) is 2.75. The lowest BCUT2D eigenvalue weighted by Crippen LogP contribution is -2.44. The summed E-state index contributed by atoms with van der Waals surface area (Å²) in [4.78, 5) is 22.9. The Hall–Kier alpha value is -1.06. The van der Waals surface area contributed by atoms with Gasteiger partial charge >= 0.3 is 0 Å². The van der Waals surface area contributed by atoms with Crippen LogP contribution in [0.1, 0.15) is 72.1 Å². The number of carbonyl (C=O) groups is 2. The molecule has 0 aliphatic carbocycles. The molecule has 0 aromatic heterocycles. The van der Waals surface area contributed by atoms with E-state index >= 15 is 0 Å². The number of hydrogen-bond acceptors (Lipinski definition) is 2. The Morgan fingerprint density at radius 3 is 2.16 bits per heavy atom. The van der Waals surface area contributed by atoms with Gasteiger partial charge in [-0.15, -0.1) is 0 Å². The molecule has 0 rings (SSSR count). The van der Waals surface area contributed by atoms with E-state index in [1.165, 1.54) is 25.7 Å². The Bertz CT molecular complexity index is 265. The second kappa shape index (κ2) is 10.8. The molecule has 112 valence electrons. The van der Waals surface area contributed by atoms with Crippen molar-refractivity contribution in [2.45, 2.75) is 78.2 Å². The van der Waals surface area contributed by atoms with Crippen molar-refractivity contribution in [2.24, 2.45) is 11.7 Å². The summed E-state index contributed by atoms with van der Waals surface area (Å²) in [5.41, 5.74) is 5.32. The topological polar surface area (TPSA) is 72.2 Å². The Morgan fingerprint density at radius 1 is 1.05 bits per heavy atom. The molecular formula is C15H30N2O2. The van der Waals surface area contributed by atoms with Crippen LogP contribution >= 0.6 is 0 Å². The lowest BCUT2D eigenvalue weighted by molar-refractivity contribution is -0.128. The summed E-state index contributed by atoms with van der Waals surface area (Å²) in [7, 11) is 0. The fourth-order valence-electron chi connectivity index (χ4n) is 2.04. The van der Waals surface area contributed by atoms with Gasteiger partial charge in [0.1, 0.15) is 6.04 Å². The van der Waals surface area contributed by atoms with Gasteiger partial charge in [0.2, 0.25) is 11.8 Å². The Labute approximate surface area is 117 Å². The molecule has 19 heavy (non-hydrogen) atoms. The van der Waals surface area contributed by atoms with Gasteiger partial charge in [0, 0.05) is 6.42 Å². The van der Waals surface area contributed by atoms with Crippen LogP contribution in [0.3, 0.4) is 0 Å². The summed E-state index contributed by atoms with van der Waals surface area (Å²) in [6, 6.07) is -0.502. The maximum Gasteiger partial charge on any atom is 0.239 e. The van der Waals surface area contributed by atoms with Crippen LogP contribution in [-0.4, -0.2) is 17.9 Å². The van der Waals surface area contributed by atoms with E-state index in [9.17, 15) is 9.59 Å². The maximum atomic E-state index is 11.6. The van der Waals surface area contributed by atoms with Crippen LogP contribution in [0.2, 0.25) is 0 Å². The molecule has 0 heterocycles. The minimum atomic E-state index is -0.502. The molecule has 0 unspecified atom stereocenters. The summed E-state index contributed by atoms with van der Waals surface area (Å²) in [5, 5.41) is 2.74. The Balaban J connectivity index is 3.86. The maximum absolute atomic E-state index is 11.6. The highest BCUT2D eigenvalue weighted by atomic mass is 16.2. The largest absolute Gasteiger partial charge is 0.368 e. The number of primary amides is 1. The number of amides is 2. The molecule has 0 aliphatic heterocycles. The highest BCUT2D eigenvalue weighted by Gasteiger charge is 2.17. The van der Waals surface area contributed by atoms with Crippen molar-refractivity contribution in [1.29, 1.82) is 0 Å². The zero-order chi connectivity index (χ0) is 14.7. The molecule has 1 atom stereocenters. The summed E-state index contributed by atoms with van der Waals surface area (Å²) < 4.78 is 0. The summed E-state index contributed by atoms with van der Waals surface area (Å²) in [6.45, 7) is 6.15. The molecule has 0 saturated heterocycles. The van der Waals surface area contributed by atoms with Crippen LogP contribution in [0.25, 0.3) is 0 Å². The predicted molar refractivity (Wildman–Crippen MR) is 78.6 cm³/mol. The van der Waals surface area contributed by atoms with Crippen LogP contribution in [0.15, 0.2) is 0 Å². The second-order valence-corrected chi connectivity index (χ2v) is 5.68. The number of nitrogens with one attached hydrogen (secondary N) is 1. The van der Waals surface area contributed by atoms with Crippen molar-refractivity contribution in [3.05, 3.63) is 0 Å². The fraction of sp³-hybridized carbons (Fsp3) is 0.867. The van der Waals surface area contributed by atoms with Crippen molar-refractivity contribution in [1.82, 2.24) is 5.32 Å². The molecule has 0 saturated carbocycles. The SMILES string of the molecule is CCCCCCCC[C@H](NC(=O)CC(C)C)C(N)=O. The normalized spacial score (nSPS) is 12.4. The van der Waals surface area contributed by atoms with Crippen LogP contribution < -0.4 is 11.1 Å². The summed E-state index contributed by atoms with van der Waals surface area (Å²) in [5.74, 6) is -0.210. The van der Waals surface area contributed by atoms with E-state index in [1.54, 1.807) is 0 Å². The lowest BCUT2D eigenvalue weighted by atomic mass is 10.0. The molecule has 3 N–H and O–H groups in total. The van der Waals surface area contributed by atoms with Crippen molar-refractivity contribution in [3.63, 3.8) is 0 Å². The number of hydrogen-bond donors (Lipinski definition) is 2. The van der Waals surface area contributed by atoms with Gasteiger partial charge in [0.15, 0.2) is 0 Å². The van der Waals surface area contributed by atoms with E-state index in [2.05, 4.69) is 12.2 Å². The molecule has 2 amide bonds. The highest BCUT2D eigenvalue weighted by Crippen LogP contribution is 2.09. The van der Waals surface area contributed by atoms with Crippen molar-refractivity contribution < 1.29 is 9.59 Å². The van der Waals surface area contributed by atoms with Gasteiger partial charge in [-0.1, -0.05) is 59.3 Å². The molecule has 4 heteroatoms. The van der Waals surface area contributed by atoms with E-state index < -0.39 is 11.9 Å². The average Bonchev–Trinajstić information content (AvgIpc) is 2.30. The number of unbranched alkanes of at least 4 members (excludes halogenated alkanes) is 5. The number of carbonyl (C=O) groups excluding carboxylic acids is 2. The number of rotatable bonds is 11. The fourth-order valence-corrected chi connectivity index (χ4v) is 2.04. The zero-order valence-electron chi connectivity index (χ0n) is 12.7. The van der Waals surface area contributed by atoms with Gasteiger partial charge in [0.05, 0.1) is 0 Å². The first-order valence-electron chi connectivity index (χ1n) is 7.56. The standard InChI is InChI=1S/C15H30N2O2/c1-4-5-6-7-8-9-10-13(15(16)19)17-14(18)11-12(2)3/h12-13H,4-11H2,1-3H3,(H2,16,19)(H,17,18)/t13-/m0/s1. The van der Waals surface area contributed by atoms with Crippen molar-refractivity contribution in [3.8, 4) is 0 Å². The van der Waals surface area contributed by atoms with Gasteiger partial charge < -0.3 is 11.1 Å². The summed E-state index contributed by atoms with van der Waals surface area (Å²) >= 11 is 0. The van der Waals surface area contributed by atoms with E-state index in [0.717, 1.165) is 12.8 Å². The molecule has 0 aliphatic rings. The molecule has 0 bridgehead atoms. The highest BCUT2D eigenvalue weighted by molar-refractivity contribution is 5.86. The van der Waals surface area contributed by atoms with Gasteiger partial charge in [0.25, 0.3) is 0 Å². The van der Waals surface area contributed by atoms with E-state index in [1.807, 2.05) is 13.8 Å². The van der Waals surface area contributed by atoms with Gasteiger partial charge in [-0.25, -0.2) is 0 Å². The van der Waals surface area contributed by atoms with Gasteiger partial charge in [-0.05, 0) is 12.3 Å². The first-order valence-corrected chi connectivity index (χ1v) is 7.56. The van der Waals surface area contributed by atoms with Crippen LogP contribution in [0.5, 0.6) is 0 Å². The molecule has 0 aromatic rings. The van der Waals surface area contributed by atoms with Crippen LogP contribution in [0, 0.1) is 5.92 Å². The monoisotopic (exact) mass is 270 g/mol. The van der Waals surface area contributed by atoms with E-state index in [4.69, 9.17) is 5.73 Å². The second-order valence-electron chi connectivity index (χ2n) is 5.68. The van der Waals surface area contributed by atoms with Crippen molar-refractivity contribution in [2.75, 3.05) is 0 Å². The van der Waals surface area contributed by atoms with E-state index in [0.29, 0.717) is 18.8 Å². The Kier molecular flexibility index (Phi) is 10.2. The molecule has 0 aromatic carbocycles. The van der Waals surface area contributed by atoms with Crippen LogP contribution in [-0.2, 0) is 9.59 Å².